The van der Waals surface area contributed by atoms with Crippen molar-refractivity contribution in [1.82, 2.24) is 9.13 Å². The summed E-state index contributed by atoms with van der Waals surface area (Å²) in [5, 5.41) is 33.4. The van der Waals surface area contributed by atoms with Gasteiger partial charge < -0.3 is 9.13 Å². The molecule has 5 nitrogen and oxygen atoms in total. The molecule has 0 fully saturated rings. The molecule has 2 heterocycles. The van der Waals surface area contributed by atoms with Crippen LogP contribution >= 0.6 is 0 Å². The standard InChI is InChI=1S/C47H23F6N5/c48-46(49,50)31-21-30(22-32(23-31)47(51,52)53)33-10-6-14-43(58-39-12-4-2-9-35(39)37-20-28(25-55)16-18-41(37)58)45(33)44-29(26-56)7-5-13-42(44)57-38-11-3-1-8-34(38)36-19-27(24-54)15-17-40(36)57/h1-23H. The normalized spacial score (nSPS) is 11.9. The van der Waals surface area contributed by atoms with Crippen molar-refractivity contribution in [1.29, 1.82) is 15.8 Å². The summed E-state index contributed by atoms with van der Waals surface area (Å²) in [4.78, 5) is 0. The molecule has 0 atom stereocenters. The molecule has 2 aromatic heterocycles. The lowest BCUT2D eigenvalue weighted by Gasteiger charge is -2.23. The first kappa shape index (κ1) is 35.9. The van der Waals surface area contributed by atoms with Crippen molar-refractivity contribution < 1.29 is 26.3 Å². The Morgan fingerprint density at radius 2 is 0.879 bits per heavy atom. The van der Waals surface area contributed by atoms with Gasteiger partial charge >= 0.3 is 12.4 Å². The molecule has 278 valence electrons. The minimum absolute atomic E-state index is 0.00478. The van der Waals surface area contributed by atoms with Crippen LogP contribution < -0.4 is 0 Å². The molecular weight excluding hydrogens is 749 g/mol. The van der Waals surface area contributed by atoms with Crippen molar-refractivity contribution in [2.45, 2.75) is 12.4 Å². The van der Waals surface area contributed by atoms with Gasteiger partial charge in [0.05, 0.1) is 79.5 Å². The van der Waals surface area contributed by atoms with Crippen molar-refractivity contribution in [3.05, 3.63) is 167 Å². The molecule has 0 N–H and O–H groups in total. The second-order valence-electron chi connectivity index (χ2n) is 13.7. The van der Waals surface area contributed by atoms with Crippen molar-refractivity contribution in [2.75, 3.05) is 0 Å². The van der Waals surface area contributed by atoms with Crippen LogP contribution in [0.5, 0.6) is 0 Å². The average Bonchev–Trinajstić information content (AvgIpc) is 3.74. The van der Waals surface area contributed by atoms with Crippen LogP contribution in [-0.2, 0) is 12.4 Å². The molecule has 0 radical (unpaired) electrons. The number of nitriles is 3. The van der Waals surface area contributed by atoms with Gasteiger partial charge in [0, 0.05) is 32.7 Å². The molecule has 9 rings (SSSR count). The highest BCUT2D eigenvalue weighted by atomic mass is 19.4. The number of halogens is 6. The lowest BCUT2D eigenvalue weighted by Crippen LogP contribution is -2.11. The summed E-state index contributed by atoms with van der Waals surface area (Å²) < 4.78 is 90.4. The van der Waals surface area contributed by atoms with E-state index in [0.717, 1.165) is 16.2 Å². The second-order valence-corrected chi connectivity index (χ2v) is 13.7. The number of benzene rings is 7. The molecule has 58 heavy (non-hydrogen) atoms. The van der Waals surface area contributed by atoms with E-state index in [0.29, 0.717) is 62.1 Å². The van der Waals surface area contributed by atoms with E-state index in [1.165, 1.54) is 6.07 Å². The highest BCUT2D eigenvalue weighted by molar-refractivity contribution is 6.12. The van der Waals surface area contributed by atoms with Gasteiger partial charge in [-0.25, -0.2) is 0 Å². The number of hydrogen-bond acceptors (Lipinski definition) is 3. The monoisotopic (exact) mass is 771 g/mol. The molecule has 7 aromatic carbocycles. The number of alkyl halides is 6. The molecule has 0 aliphatic carbocycles. The third-order valence-electron chi connectivity index (χ3n) is 10.4. The highest BCUT2D eigenvalue weighted by Gasteiger charge is 2.37. The maximum atomic E-state index is 14.4. The summed E-state index contributed by atoms with van der Waals surface area (Å²) >= 11 is 0. The van der Waals surface area contributed by atoms with Gasteiger partial charge in [0.1, 0.15) is 0 Å². The first-order chi connectivity index (χ1) is 27.9. The average molecular weight is 772 g/mol. The van der Waals surface area contributed by atoms with E-state index in [9.17, 15) is 42.1 Å². The number of hydrogen-bond donors (Lipinski definition) is 0. The van der Waals surface area contributed by atoms with Gasteiger partial charge in [-0.3, -0.25) is 0 Å². The fourth-order valence-corrected chi connectivity index (χ4v) is 8.03. The zero-order valence-electron chi connectivity index (χ0n) is 29.8. The van der Waals surface area contributed by atoms with Gasteiger partial charge in [-0.15, -0.1) is 0 Å². The van der Waals surface area contributed by atoms with E-state index >= 15 is 0 Å². The fourth-order valence-electron chi connectivity index (χ4n) is 8.03. The number of aromatic nitrogens is 2. The SMILES string of the molecule is N#Cc1ccc2c(c1)c1ccccc1n2-c1cccc(C#N)c1-c1c(-c2cc(C(F)(F)F)cc(C(F)(F)F)c2)cccc1-n1c2ccccc2c2cc(C#N)ccc21. The Kier molecular flexibility index (Phi) is 8.13. The quantitative estimate of drug-likeness (QED) is 0.167. The number of rotatable bonds is 4. The lowest BCUT2D eigenvalue weighted by atomic mass is 9.87. The molecular formula is C47H23F6N5. The van der Waals surface area contributed by atoms with Gasteiger partial charge in [0.25, 0.3) is 0 Å². The summed E-state index contributed by atoms with van der Waals surface area (Å²) in [6.45, 7) is 0. The minimum Gasteiger partial charge on any atom is -0.309 e. The molecule has 11 heteroatoms. The van der Waals surface area contributed by atoms with Crippen LogP contribution in [-0.4, -0.2) is 9.13 Å². The van der Waals surface area contributed by atoms with Crippen molar-refractivity contribution in [2.24, 2.45) is 0 Å². The Labute approximate surface area is 325 Å². The first-order valence-electron chi connectivity index (χ1n) is 17.7. The van der Waals surface area contributed by atoms with Gasteiger partial charge in [0.15, 0.2) is 0 Å². The van der Waals surface area contributed by atoms with Crippen molar-refractivity contribution in [3.63, 3.8) is 0 Å². The van der Waals surface area contributed by atoms with Gasteiger partial charge in [0.2, 0.25) is 0 Å². The molecule has 0 unspecified atom stereocenters. The number of para-hydroxylation sites is 2. The van der Waals surface area contributed by atoms with E-state index in [1.54, 1.807) is 72.8 Å². The van der Waals surface area contributed by atoms with Crippen molar-refractivity contribution in [3.8, 4) is 51.8 Å². The molecule has 9 aromatic rings. The van der Waals surface area contributed by atoms with Crippen LogP contribution in [0.3, 0.4) is 0 Å². The van der Waals surface area contributed by atoms with E-state index in [4.69, 9.17) is 0 Å². The Hall–Kier alpha value is -7.81. The van der Waals surface area contributed by atoms with E-state index in [-0.39, 0.29) is 33.9 Å². The predicted molar refractivity (Wildman–Crippen MR) is 210 cm³/mol. The smallest absolute Gasteiger partial charge is 0.309 e. The highest BCUT2D eigenvalue weighted by Crippen LogP contribution is 2.48. The zero-order chi connectivity index (χ0) is 40.5. The second kappa shape index (κ2) is 13.2. The van der Waals surface area contributed by atoms with Crippen molar-refractivity contribution >= 4 is 43.6 Å². The number of nitrogens with zero attached hydrogens (tertiary/aromatic N) is 5. The molecule has 0 bridgehead atoms. The Morgan fingerprint density at radius 1 is 0.414 bits per heavy atom. The summed E-state index contributed by atoms with van der Waals surface area (Å²) in [5.41, 5.74) is 1.34. The maximum Gasteiger partial charge on any atom is 0.416 e. The molecule has 0 aliphatic heterocycles. The van der Waals surface area contributed by atoms with E-state index in [2.05, 4.69) is 18.2 Å². The molecule has 0 saturated heterocycles. The lowest BCUT2D eigenvalue weighted by molar-refractivity contribution is -0.143. The Bertz CT molecular complexity index is 3280. The third-order valence-corrected chi connectivity index (χ3v) is 10.4. The minimum atomic E-state index is -5.12. The van der Waals surface area contributed by atoms with Gasteiger partial charge in [-0.05, 0) is 96.1 Å². The van der Waals surface area contributed by atoms with Crippen LogP contribution in [0.4, 0.5) is 26.3 Å². The van der Waals surface area contributed by atoms with Gasteiger partial charge in [-0.2, -0.15) is 42.1 Å². The fraction of sp³-hybridized carbons (Fsp3) is 0.0426. The van der Waals surface area contributed by atoms with Crippen LogP contribution in [0.1, 0.15) is 27.8 Å². The van der Waals surface area contributed by atoms with E-state index < -0.39 is 23.5 Å². The largest absolute Gasteiger partial charge is 0.416 e. The van der Waals surface area contributed by atoms with Crippen LogP contribution in [0.2, 0.25) is 0 Å². The maximum absolute atomic E-state index is 14.4. The van der Waals surface area contributed by atoms with Crippen LogP contribution in [0.15, 0.2) is 140 Å². The summed E-state index contributed by atoms with van der Waals surface area (Å²) in [6.07, 6.45) is -10.2. The Morgan fingerprint density at radius 3 is 1.36 bits per heavy atom. The Balaban J connectivity index is 1.49. The molecule has 0 aliphatic rings. The van der Waals surface area contributed by atoms with Gasteiger partial charge in [-0.1, -0.05) is 54.6 Å². The van der Waals surface area contributed by atoms with E-state index in [1.807, 2.05) is 51.6 Å². The first-order valence-corrected chi connectivity index (χ1v) is 17.7. The predicted octanol–water partition coefficient (Wildman–Crippen LogP) is 12.9. The summed E-state index contributed by atoms with van der Waals surface area (Å²) in [5.74, 6) is 0. The topological polar surface area (TPSA) is 81.2 Å². The molecule has 0 spiro atoms. The third kappa shape index (κ3) is 5.62. The zero-order valence-corrected chi connectivity index (χ0v) is 29.8. The number of fused-ring (bicyclic) bond motifs is 6. The molecule has 0 saturated carbocycles. The molecule has 0 amide bonds. The van der Waals surface area contributed by atoms with Crippen LogP contribution in [0, 0.1) is 34.0 Å². The summed E-state index contributed by atoms with van der Waals surface area (Å²) in [6, 6.07) is 42.8. The summed E-state index contributed by atoms with van der Waals surface area (Å²) in [7, 11) is 0. The van der Waals surface area contributed by atoms with Crippen LogP contribution in [0.25, 0.3) is 77.2 Å².